The second kappa shape index (κ2) is 7.28. The first-order valence-electron chi connectivity index (χ1n) is 14.2. The van der Waals surface area contributed by atoms with E-state index < -0.39 is 5.97 Å². The van der Waals surface area contributed by atoms with Gasteiger partial charge in [-0.1, -0.05) is 48.5 Å². The Labute approximate surface area is 208 Å². The van der Waals surface area contributed by atoms with E-state index in [9.17, 15) is 15.0 Å². The molecule has 1 unspecified atom stereocenters. The maximum atomic E-state index is 12.1. The van der Waals surface area contributed by atoms with E-state index in [2.05, 4.69) is 54.5 Å². The molecule has 5 aliphatic carbocycles. The molecule has 0 heterocycles. The Kier molecular flexibility index (Phi) is 5.29. The Morgan fingerprint density at radius 2 is 1.53 bits per heavy atom. The van der Waals surface area contributed by atoms with Crippen molar-refractivity contribution in [2.24, 2.45) is 56.2 Å². The number of hydrogen-bond donors (Lipinski definition) is 2. The quantitative estimate of drug-likeness (QED) is 0.426. The highest BCUT2D eigenvalue weighted by molar-refractivity contribution is 5.68. The Hall–Kier alpha value is -0.990. The summed E-state index contributed by atoms with van der Waals surface area (Å²) in [5.41, 5.74) is 0.992. The van der Waals surface area contributed by atoms with Gasteiger partial charge in [0.05, 0.1) is 12.2 Å². The lowest BCUT2D eigenvalue weighted by atomic mass is 9.31. The largest absolute Gasteiger partial charge is 0.512 e. The standard InChI is InChI=1S/C31H50O3/c1-26(2)14-16-31(19-25(33)34)17-15-29(6)20(21(31)18-26)8-9-23-28(5)12-11-24(32)27(3,4)22(28)10-13-30(23,29)7/h11,20-23,32H,8-10,12-19H2,1-7H3,(H,33,34)/t20-,21-,22?,23-,28+,29-,30-,31-/m1/s1. The Morgan fingerprint density at radius 3 is 2.21 bits per heavy atom. The number of carboxylic acid groups (broad SMARTS) is 1. The van der Waals surface area contributed by atoms with Gasteiger partial charge in [-0.25, -0.2) is 0 Å². The topological polar surface area (TPSA) is 57.5 Å². The lowest BCUT2D eigenvalue weighted by Gasteiger charge is -2.73. The van der Waals surface area contributed by atoms with Crippen LogP contribution in [0.5, 0.6) is 0 Å². The summed E-state index contributed by atoms with van der Waals surface area (Å²) in [5.74, 6) is 2.42. The van der Waals surface area contributed by atoms with Crippen LogP contribution in [0, 0.1) is 56.2 Å². The summed E-state index contributed by atoms with van der Waals surface area (Å²) >= 11 is 0. The van der Waals surface area contributed by atoms with Gasteiger partial charge in [0, 0.05) is 5.41 Å². The molecule has 192 valence electrons. The Morgan fingerprint density at radius 1 is 0.853 bits per heavy atom. The van der Waals surface area contributed by atoms with Crippen molar-refractivity contribution >= 4 is 5.97 Å². The van der Waals surface area contributed by atoms with E-state index in [1.54, 1.807) is 0 Å². The third kappa shape index (κ3) is 3.09. The molecule has 3 heteroatoms. The van der Waals surface area contributed by atoms with Gasteiger partial charge in [0.1, 0.15) is 0 Å². The molecule has 0 aromatic rings. The fourth-order valence-electron chi connectivity index (χ4n) is 11.4. The number of aliphatic carboxylic acids is 1. The molecule has 34 heavy (non-hydrogen) atoms. The first-order chi connectivity index (χ1) is 15.6. The fourth-order valence-corrected chi connectivity index (χ4v) is 11.4. The molecular formula is C31H50O3. The SMILES string of the molecule is CC1(C)CC[C@]2(CC(=O)O)CC[C@]3(C)[C@H](CC[C@@H]4[C@@]5(C)CC=C(O)C(C)(C)C5CC[C@]43C)[C@H]2C1. The van der Waals surface area contributed by atoms with E-state index in [1.807, 2.05) is 0 Å². The maximum Gasteiger partial charge on any atom is 0.303 e. The van der Waals surface area contributed by atoms with E-state index in [0.29, 0.717) is 41.3 Å². The number of carboxylic acids is 1. The van der Waals surface area contributed by atoms with Gasteiger partial charge < -0.3 is 10.2 Å². The summed E-state index contributed by atoms with van der Waals surface area (Å²) in [6.45, 7) is 17.2. The zero-order valence-electron chi connectivity index (χ0n) is 23.0. The van der Waals surface area contributed by atoms with E-state index in [1.165, 1.54) is 44.9 Å². The smallest absolute Gasteiger partial charge is 0.303 e. The van der Waals surface area contributed by atoms with Crippen LogP contribution < -0.4 is 0 Å². The van der Waals surface area contributed by atoms with Gasteiger partial charge in [-0.05, 0) is 121 Å². The van der Waals surface area contributed by atoms with Crippen LogP contribution in [0.1, 0.15) is 119 Å². The van der Waals surface area contributed by atoms with Crippen LogP contribution >= 0.6 is 0 Å². The van der Waals surface area contributed by atoms with Crippen molar-refractivity contribution < 1.29 is 15.0 Å². The van der Waals surface area contributed by atoms with E-state index in [0.717, 1.165) is 19.3 Å². The molecule has 0 amide bonds. The molecule has 5 rings (SSSR count). The molecule has 0 spiro atoms. The number of aliphatic hydroxyl groups is 1. The molecule has 5 aliphatic rings. The molecule has 2 N–H and O–H groups in total. The van der Waals surface area contributed by atoms with E-state index in [-0.39, 0.29) is 27.1 Å². The third-order valence-corrected chi connectivity index (χ3v) is 13.5. The van der Waals surface area contributed by atoms with Crippen molar-refractivity contribution in [2.45, 2.75) is 119 Å². The van der Waals surface area contributed by atoms with E-state index >= 15 is 0 Å². The van der Waals surface area contributed by atoms with Crippen LogP contribution in [0.2, 0.25) is 0 Å². The monoisotopic (exact) mass is 470 g/mol. The second-order valence-electron chi connectivity index (χ2n) is 15.6. The minimum absolute atomic E-state index is 0.0111. The highest BCUT2D eigenvalue weighted by atomic mass is 16.4. The zero-order valence-corrected chi connectivity index (χ0v) is 23.0. The normalized spacial score (nSPS) is 51.2. The number of aliphatic hydroxyl groups excluding tert-OH is 1. The number of carbonyl (C=O) groups is 1. The predicted octanol–water partition coefficient (Wildman–Crippen LogP) is 8.39. The number of allylic oxidation sites excluding steroid dienone is 2. The third-order valence-electron chi connectivity index (χ3n) is 13.5. The van der Waals surface area contributed by atoms with Crippen LogP contribution in [0.25, 0.3) is 0 Å². The number of fused-ring (bicyclic) bond motifs is 7. The summed E-state index contributed by atoms with van der Waals surface area (Å²) < 4.78 is 0. The number of rotatable bonds is 2. The second-order valence-corrected chi connectivity index (χ2v) is 15.6. The highest BCUT2D eigenvalue weighted by Crippen LogP contribution is 2.77. The predicted molar refractivity (Wildman–Crippen MR) is 137 cm³/mol. The van der Waals surface area contributed by atoms with Gasteiger partial charge in [0.15, 0.2) is 0 Å². The molecular weight excluding hydrogens is 420 g/mol. The molecule has 8 atom stereocenters. The first kappa shape index (κ1) is 24.7. The van der Waals surface area contributed by atoms with Crippen molar-refractivity contribution in [1.29, 1.82) is 0 Å². The van der Waals surface area contributed by atoms with Crippen molar-refractivity contribution in [2.75, 3.05) is 0 Å². The summed E-state index contributed by atoms with van der Waals surface area (Å²) in [6.07, 6.45) is 14.3. The lowest BCUT2D eigenvalue weighted by Crippen LogP contribution is -2.66. The molecule has 0 saturated heterocycles. The van der Waals surface area contributed by atoms with Gasteiger partial charge in [0.25, 0.3) is 0 Å². The number of hydrogen-bond acceptors (Lipinski definition) is 2. The maximum absolute atomic E-state index is 12.1. The molecule has 4 fully saturated rings. The molecule has 0 aromatic carbocycles. The summed E-state index contributed by atoms with van der Waals surface area (Å²) in [4.78, 5) is 12.1. The molecule has 0 aliphatic heterocycles. The van der Waals surface area contributed by atoms with Gasteiger partial charge in [-0.15, -0.1) is 0 Å². The Bertz CT molecular complexity index is 900. The van der Waals surface area contributed by atoms with Crippen LogP contribution in [0.15, 0.2) is 11.8 Å². The first-order valence-corrected chi connectivity index (χ1v) is 14.2. The van der Waals surface area contributed by atoms with Gasteiger partial charge in [0.2, 0.25) is 0 Å². The lowest BCUT2D eigenvalue weighted by molar-refractivity contribution is -0.240. The van der Waals surface area contributed by atoms with Crippen LogP contribution in [0.3, 0.4) is 0 Å². The zero-order chi connectivity index (χ0) is 24.9. The minimum atomic E-state index is -0.586. The minimum Gasteiger partial charge on any atom is -0.512 e. The summed E-state index contributed by atoms with van der Waals surface area (Å²) in [5, 5.41) is 20.7. The molecule has 4 saturated carbocycles. The van der Waals surface area contributed by atoms with Crippen LogP contribution in [-0.4, -0.2) is 16.2 Å². The average Bonchev–Trinajstić information content (AvgIpc) is 2.72. The molecule has 0 aromatic heterocycles. The van der Waals surface area contributed by atoms with Gasteiger partial charge in [-0.2, -0.15) is 0 Å². The van der Waals surface area contributed by atoms with Crippen LogP contribution in [-0.2, 0) is 4.79 Å². The summed E-state index contributed by atoms with van der Waals surface area (Å²) in [7, 11) is 0. The Balaban J connectivity index is 1.54. The fraction of sp³-hybridized carbons (Fsp3) is 0.903. The van der Waals surface area contributed by atoms with Crippen molar-refractivity contribution in [3.63, 3.8) is 0 Å². The molecule has 0 radical (unpaired) electrons. The van der Waals surface area contributed by atoms with Crippen molar-refractivity contribution in [3.05, 3.63) is 11.8 Å². The highest BCUT2D eigenvalue weighted by Gasteiger charge is 2.69. The van der Waals surface area contributed by atoms with Gasteiger partial charge >= 0.3 is 5.97 Å². The van der Waals surface area contributed by atoms with Crippen molar-refractivity contribution in [3.8, 4) is 0 Å². The average molecular weight is 471 g/mol. The summed E-state index contributed by atoms with van der Waals surface area (Å²) in [6, 6.07) is 0. The molecule has 0 bridgehead atoms. The van der Waals surface area contributed by atoms with Crippen LogP contribution in [0.4, 0.5) is 0 Å². The molecule has 3 nitrogen and oxygen atoms in total. The van der Waals surface area contributed by atoms with Crippen molar-refractivity contribution in [1.82, 2.24) is 0 Å². The van der Waals surface area contributed by atoms with E-state index in [4.69, 9.17) is 0 Å². The van der Waals surface area contributed by atoms with Gasteiger partial charge in [-0.3, -0.25) is 4.79 Å².